The summed E-state index contributed by atoms with van der Waals surface area (Å²) in [4.78, 5) is 12.8. The van der Waals surface area contributed by atoms with Gasteiger partial charge in [0.2, 0.25) is 15.9 Å². The number of morpholine rings is 1. The van der Waals surface area contributed by atoms with Crippen LogP contribution in [0.3, 0.4) is 0 Å². The Morgan fingerprint density at radius 3 is 2.44 bits per heavy atom. The van der Waals surface area contributed by atoms with Crippen molar-refractivity contribution < 1.29 is 17.9 Å². The van der Waals surface area contributed by atoms with Gasteiger partial charge in [-0.15, -0.1) is 0 Å². The molecule has 1 saturated heterocycles. The summed E-state index contributed by atoms with van der Waals surface area (Å²) >= 11 is 0. The number of hydrogen-bond donors (Lipinski definition) is 2. The number of ether oxygens (including phenoxy) is 1. The molecule has 27 heavy (non-hydrogen) atoms. The summed E-state index contributed by atoms with van der Waals surface area (Å²) in [5.74, 6) is 0.867. The third-order valence-corrected chi connectivity index (χ3v) is 8.19. The average molecular weight is 394 g/mol. The second-order valence-electron chi connectivity index (χ2n) is 7.81. The lowest BCUT2D eigenvalue weighted by atomic mass is 9.84. The summed E-state index contributed by atoms with van der Waals surface area (Å²) in [7, 11) is -3.49. The van der Waals surface area contributed by atoms with Gasteiger partial charge in [-0.25, -0.2) is 8.42 Å². The second-order valence-corrected chi connectivity index (χ2v) is 9.75. The van der Waals surface area contributed by atoms with E-state index in [4.69, 9.17) is 10.5 Å². The number of hydrogen-bond acceptors (Lipinski definition) is 5. The van der Waals surface area contributed by atoms with Crippen molar-refractivity contribution in [2.24, 2.45) is 23.5 Å². The highest BCUT2D eigenvalue weighted by atomic mass is 32.2. The molecule has 4 atom stereocenters. The number of carbonyl (C=O) groups is 1. The number of amides is 1. The van der Waals surface area contributed by atoms with Crippen LogP contribution in [0.4, 0.5) is 0 Å². The lowest BCUT2D eigenvalue weighted by molar-refractivity contribution is -0.127. The molecule has 0 spiro atoms. The Labute approximate surface area is 160 Å². The standard InChI is InChI=1S/C19H27N3O4S/c20-18-15-4-3-14(11-15)17(18)19(23)21-12-13-1-5-16(6-2-13)27(24,25)22-7-9-26-10-8-22/h1-2,5-6,14-15,17-18H,3-4,7-12,20H2,(H,21,23). The van der Waals surface area contributed by atoms with Gasteiger partial charge in [-0.2, -0.15) is 4.31 Å². The first-order valence-electron chi connectivity index (χ1n) is 9.67. The molecule has 1 amide bonds. The van der Waals surface area contributed by atoms with Crippen molar-refractivity contribution in [3.05, 3.63) is 29.8 Å². The number of benzene rings is 1. The van der Waals surface area contributed by atoms with Gasteiger partial charge >= 0.3 is 0 Å². The first-order valence-corrected chi connectivity index (χ1v) is 11.1. The Bertz CT molecular complexity index is 788. The van der Waals surface area contributed by atoms with E-state index < -0.39 is 10.0 Å². The van der Waals surface area contributed by atoms with Crippen LogP contribution in [0.15, 0.2) is 29.2 Å². The predicted octanol–water partition coefficient (Wildman–Crippen LogP) is 0.697. The average Bonchev–Trinajstić information content (AvgIpc) is 3.28. The summed E-state index contributed by atoms with van der Waals surface area (Å²) in [6.45, 7) is 1.99. The van der Waals surface area contributed by atoms with E-state index in [2.05, 4.69) is 5.32 Å². The molecule has 1 heterocycles. The largest absolute Gasteiger partial charge is 0.379 e. The maximum absolute atomic E-state index is 12.6. The molecule has 3 fully saturated rings. The molecule has 8 heteroatoms. The number of fused-ring (bicyclic) bond motifs is 2. The molecule has 7 nitrogen and oxygen atoms in total. The predicted molar refractivity (Wildman–Crippen MR) is 100 cm³/mol. The van der Waals surface area contributed by atoms with Gasteiger partial charge in [0, 0.05) is 25.7 Å². The van der Waals surface area contributed by atoms with Gasteiger partial charge in [-0.1, -0.05) is 12.1 Å². The van der Waals surface area contributed by atoms with Gasteiger partial charge in [0.1, 0.15) is 0 Å². The number of nitrogens with one attached hydrogen (secondary N) is 1. The molecule has 1 aromatic rings. The van der Waals surface area contributed by atoms with Crippen molar-refractivity contribution >= 4 is 15.9 Å². The minimum atomic E-state index is -3.49. The van der Waals surface area contributed by atoms with E-state index in [0.717, 1.165) is 24.8 Å². The van der Waals surface area contributed by atoms with Crippen molar-refractivity contribution in [1.82, 2.24) is 9.62 Å². The highest BCUT2D eigenvalue weighted by molar-refractivity contribution is 7.89. The van der Waals surface area contributed by atoms with E-state index >= 15 is 0 Å². The third-order valence-electron chi connectivity index (χ3n) is 6.28. The smallest absolute Gasteiger partial charge is 0.243 e. The molecule has 1 aliphatic heterocycles. The SMILES string of the molecule is NC1C2CCC(C2)C1C(=O)NCc1ccc(S(=O)(=O)N2CCOCC2)cc1. The highest BCUT2D eigenvalue weighted by Gasteiger charge is 2.48. The second kappa shape index (κ2) is 7.50. The lowest BCUT2D eigenvalue weighted by Gasteiger charge is -2.27. The van der Waals surface area contributed by atoms with Crippen LogP contribution in [-0.2, 0) is 26.1 Å². The molecule has 148 valence electrons. The fraction of sp³-hybridized carbons (Fsp3) is 0.632. The summed E-state index contributed by atoms with van der Waals surface area (Å²) < 4.78 is 31.9. The van der Waals surface area contributed by atoms with Gasteiger partial charge in [0.25, 0.3) is 0 Å². The van der Waals surface area contributed by atoms with Crippen LogP contribution in [0.25, 0.3) is 0 Å². The van der Waals surface area contributed by atoms with Gasteiger partial charge in [0.05, 0.1) is 24.0 Å². The van der Waals surface area contributed by atoms with Crippen LogP contribution in [-0.4, -0.2) is 51.0 Å². The van der Waals surface area contributed by atoms with E-state index in [0.29, 0.717) is 44.7 Å². The number of rotatable bonds is 5. The van der Waals surface area contributed by atoms with E-state index in [-0.39, 0.29) is 22.8 Å². The van der Waals surface area contributed by atoms with Crippen molar-refractivity contribution in [3.8, 4) is 0 Å². The van der Waals surface area contributed by atoms with E-state index in [1.165, 1.54) is 4.31 Å². The Morgan fingerprint density at radius 2 is 1.81 bits per heavy atom. The molecule has 2 bridgehead atoms. The minimum Gasteiger partial charge on any atom is -0.379 e. The van der Waals surface area contributed by atoms with E-state index in [1.54, 1.807) is 24.3 Å². The van der Waals surface area contributed by atoms with Crippen molar-refractivity contribution in [3.63, 3.8) is 0 Å². The number of carbonyl (C=O) groups excluding carboxylic acids is 1. The zero-order valence-electron chi connectivity index (χ0n) is 15.3. The lowest BCUT2D eigenvalue weighted by Crippen LogP contribution is -2.45. The Balaban J connectivity index is 1.36. The monoisotopic (exact) mass is 393 g/mol. The Hall–Kier alpha value is -1.48. The fourth-order valence-electron chi connectivity index (χ4n) is 4.75. The maximum Gasteiger partial charge on any atom is 0.243 e. The van der Waals surface area contributed by atoms with Crippen LogP contribution >= 0.6 is 0 Å². The van der Waals surface area contributed by atoms with Crippen molar-refractivity contribution in [2.45, 2.75) is 36.7 Å². The van der Waals surface area contributed by atoms with Gasteiger partial charge in [-0.05, 0) is 48.8 Å². The highest BCUT2D eigenvalue weighted by Crippen LogP contribution is 2.47. The van der Waals surface area contributed by atoms with Crippen molar-refractivity contribution in [1.29, 1.82) is 0 Å². The fourth-order valence-corrected chi connectivity index (χ4v) is 6.16. The number of nitrogens with zero attached hydrogens (tertiary/aromatic N) is 1. The van der Waals surface area contributed by atoms with Crippen LogP contribution in [0.1, 0.15) is 24.8 Å². The first-order chi connectivity index (χ1) is 13.0. The molecule has 3 N–H and O–H groups in total. The zero-order chi connectivity index (χ0) is 19.0. The molecule has 2 aliphatic carbocycles. The Morgan fingerprint density at radius 1 is 1.15 bits per heavy atom. The molecule has 4 rings (SSSR count). The maximum atomic E-state index is 12.6. The van der Waals surface area contributed by atoms with Crippen LogP contribution < -0.4 is 11.1 Å². The van der Waals surface area contributed by atoms with E-state index in [1.807, 2.05) is 0 Å². The number of sulfonamides is 1. The molecule has 0 radical (unpaired) electrons. The molecule has 0 aromatic heterocycles. The normalized spacial score (nSPS) is 31.1. The quantitative estimate of drug-likeness (QED) is 0.767. The number of nitrogens with two attached hydrogens (primary N) is 1. The van der Waals surface area contributed by atoms with Gasteiger partial charge < -0.3 is 15.8 Å². The molecule has 2 saturated carbocycles. The summed E-state index contributed by atoms with van der Waals surface area (Å²) in [5.41, 5.74) is 7.11. The molecular formula is C19H27N3O4S. The topological polar surface area (TPSA) is 102 Å². The summed E-state index contributed by atoms with van der Waals surface area (Å²) in [6.07, 6.45) is 3.33. The van der Waals surface area contributed by atoms with Crippen LogP contribution in [0, 0.1) is 17.8 Å². The Kier molecular flexibility index (Phi) is 5.24. The van der Waals surface area contributed by atoms with E-state index in [9.17, 15) is 13.2 Å². The summed E-state index contributed by atoms with van der Waals surface area (Å²) in [6, 6.07) is 6.71. The van der Waals surface area contributed by atoms with Crippen molar-refractivity contribution in [2.75, 3.05) is 26.3 Å². The molecular weight excluding hydrogens is 366 g/mol. The van der Waals surface area contributed by atoms with Gasteiger partial charge in [0.15, 0.2) is 0 Å². The zero-order valence-corrected chi connectivity index (χ0v) is 16.2. The van der Waals surface area contributed by atoms with Crippen LogP contribution in [0.2, 0.25) is 0 Å². The first kappa shape index (κ1) is 18.9. The minimum absolute atomic E-state index is 0.0233. The molecule has 3 aliphatic rings. The molecule has 1 aromatic carbocycles. The molecule has 4 unspecified atom stereocenters. The van der Waals surface area contributed by atoms with Gasteiger partial charge in [-0.3, -0.25) is 4.79 Å². The van der Waals surface area contributed by atoms with Crippen LogP contribution in [0.5, 0.6) is 0 Å². The summed E-state index contributed by atoms with van der Waals surface area (Å²) in [5, 5.41) is 2.98. The third kappa shape index (κ3) is 3.63.